The van der Waals surface area contributed by atoms with Crippen molar-refractivity contribution < 1.29 is 14.2 Å². The molecule has 0 spiro atoms. The molecular formula is C12H18ClN3O3. The molecule has 0 amide bonds. The van der Waals surface area contributed by atoms with Gasteiger partial charge in [-0.2, -0.15) is 9.97 Å². The molecule has 1 aliphatic rings. The molecule has 0 N–H and O–H groups in total. The van der Waals surface area contributed by atoms with Crippen LogP contribution in [0.15, 0.2) is 0 Å². The van der Waals surface area contributed by atoms with Gasteiger partial charge in [-0.25, -0.2) is 0 Å². The third kappa shape index (κ3) is 4.80. The Kier molecular flexibility index (Phi) is 5.15. The van der Waals surface area contributed by atoms with E-state index in [4.69, 9.17) is 25.8 Å². The highest BCUT2D eigenvalue weighted by molar-refractivity contribution is 6.28. The van der Waals surface area contributed by atoms with E-state index >= 15 is 0 Å². The van der Waals surface area contributed by atoms with Crippen molar-refractivity contribution in [3.8, 4) is 12.0 Å². The number of nitrogens with zero attached hydrogens (tertiary/aromatic N) is 3. The molecule has 1 fully saturated rings. The summed E-state index contributed by atoms with van der Waals surface area (Å²) in [7, 11) is 0. The molecule has 0 saturated carbocycles. The van der Waals surface area contributed by atoms with Gasteiger partial charge in [0.2, 0.25) is 5.28 Å². The second kappa shape index (κ2) is 6.86. The highest BCUT2D eigenvalue weighted by Crippen LogP contribution is 2.17. The van der Waals surface area contributed by atoms with E-state index in [1.807, 2.05) is 13.8 Å². The zero-order chi connectivity index (χ0) is 13.7. The molecule has 1 aromatic heterocycles. The fourth-order valence-electron chi connectivity index (χ4n) is 1.75. The molecule has 1 unspecified atom stereocenters. The van der Waals surface area contributed by atoms with Crippen LogP contribution in [0, 0.1) is 0 Å². The van der Waals surface area contributed by atoms with Crippen molar-refractivity contribution in [1.82, 2.24) is 15.0 Å². The van der Waals surface area contributed by atoms with Crippen LogP contribution in [-0.4, -0.2) is 40.4 Å². The zero-order valence-electron chi connectivity index (χ0n) is 11.1. The van der Waals surface area contributed by atoms with Gasteiger partial charge in [0, 0.05) is 6.61 Å². The summed E-state index contributed by atoms with van der Waals surface area (Å²) in [6, 6.07) is 0.347. The topological polar surface area (TPSA) is 66.4 Å². The first-order valence-electron chi connectivity index (χ1n) is 6.46. The van der Waals surface area contributed by atoms with Gasteiger partial charge in [0.15, 0.2) is 0 Å². The average Bonchev–Trinajstić information content (AvgIpc) is 2.36. The average molecular weight is 288 g/mol. The maximum absolute atomic E-state index is 5.80. The van der Waals surface area contributed by atoms with Crippen LogP contribution in [0.3, 0.4) is 0 Å². The van der Waals surface area contributed by atoms with Gasteiger partial charge in [-0.15, -0.1) is 4.98 Å². The Balaban J connectivity index is 1.93. The third-order valence-corrected chi connectivity index (χ3v) is 2.75. The summed E-state index contributed by atoms with van der Waals surface area (Å²) in [4.78, 5) is 11.8. The fraction of sp³-hybridized carbons (Fsp3) is 0.750. The van der Waals surface area contributed by atoms with Crippen molar-refractivity contribution in [3.05, 3.63) is 5.28 Å². The SMILES string of the molecule is CC(C)Oc1nc(Cl)nc(OCC2CCCCO2)n1. The van der Waals surface area contributed by atoms with Crippen LogP contribution in [0.1, 0.15) is 33.1 Å². The predicted molar refractivity (Wildman–Crippen MR) is 69.7 cm³/mol. The molecule has 0 aromatic carbocycles. The Morgan fingerprint density at radius 3 is 2.74 bits per heavy atom. The summed E-state index contributed by atoms with van der Waals surface area (Å²) >= 11 is 5.80. The fourth-order valence-corrected chi connectivity index (χ4v) is 1.89. The van der Waals surface area contributed by atoms with Gasteiger partial charge in [0.25, 0.3) is 0 Å². The van der Waals surface area contributed by atoms with E-state index < -0.39 is 0 Å². The van der Waals surface area contributed by atoms with E-state index in [1.165, 1.54) is 0 Å². The second-order valence-electron chi connectivity index (χ2n) is 4.64. The van der Waals surface area contributed by atoms with Crippen molar-refractivity contribution in [2.75, 3.05) is 13.2 Å². The van der Waals surface area contributed by atoms with Crippen molar-refractivity contribution >= 4 is 11.6 Å². The third-order valence-electron chi connectivity index (χ3n) is 2.58. The summed E-state index contributed by atoms with van der Waals surface area (Å²) in [5, 5.41) is 0.0604. The van der Waals surface area contributed by atoms with E-state index in [2.05, 4.69) is 15.0 Å². The van der Waals surface area contributed by atoms with Crippen LogP contribution in [-0.2, 0) is 4.74 Å². The van der Waals surface area contributed by atoms with Gasteiger partial charge in [0.05, 0.1) is 12.2 Å². The Morgan fingerprint density at radius 2 is 2.05 bits per heavy atom. The summed E-state index contributed by atoms with van der Waals surface area (Å²) < 4.78 is 16.4. The van der Waals surface area contributed by atoms with Crippen LogP contribution in [0.4, 0.5) is 0 Å². The monoisotopic (exact) mass is 287 g/mol. The van der Waals surface area contributed by atoms with E-state index in [0.717, 1.165) is 25.9 Å². The summed E-state index contributed by atoms with van der Waals surface area (Å²) in [5.41, 5.74) is 0. The molecule has 7 heteroatoms. The number of ether oxygens (including phenoxy) is 3. The lowest BCUT2D eigenvalue weighted by Crippen LogP contribution is -2.26. The molecule has 1 aromatic rings. The first-order chi connectivity index (χ1) is 9.13. The molecule has 19 heavy (non-hydrogen) atoms. The Hall–Kier alpha value is -1.14. The van der Waals surface area contributed by atoms with Gasteiger partial charge < -0.3 is 14.2 Å². The highest BCUT2D eigenvalue weighted by atomic mass is 35.5. The van der Waals surface area contributed by atoms with Gasteiger partial charge in [-0.05, 0) is 44.7 Å². The second-order valence-corrected chi connectivity index (χ2v) is 4.97. The van der Waals surface area contributed by atoms with E-state index in [9.17, 15) is 0 Å². The van der Waals surface area contributed by atoms with E-state index in [-0.39, 0.29) is 29.5 Å². The number of aromatic nitrogens is 3. The molecule has 0 radical (unpaired) electrons. The summed E-state index contributed by atoms with van der Waals surface area (Å²) in [5.74, 6) is 0. The van der Waals surface area contributed by atoms with Gasteiger partial charge in [0.1, 0.15) is 6.61 Å². The lowest BCUT2D eigenvalue weighted by Gasteiger charge is -2.22. The first-order valence-corrected chi connectivity index (χ1v) is 6.84. The molecule has 1 saturated heterocycles. The number of halogens is 1. The molecule has 1 aliphatic heterocycles. The zero-order valence-corrected chi connectivity index (χ0v) is 11.9. The minimum Gasteiger partial charge on any atom is -0.461 e. The molecule has 0 aliphatic carbocycles. The molecule has 106 valence electrons. The summed E-state index contributed by atoms with van der Waals surface area (Å²) in [6.07, 6.45) is 3.33. The van der Waals surface area contributed by atoms with Crippen LogP contribution in [0.5, 0.6) is 12.0 Å². The maximum Gasteiger partial charge on any atom is 0.324 e. The molecule has 0 bridgehead atoms. The number of hydrogen-bond acceptors (Lipinski definition) is 6. The first kappa shape index (κ1) is 14.3. The standard InChI is InChI=1S/C12H18ClN3O3/c1-8(2)19-12-15-10(13)14-11(16-12)18-7-9-5-3-4-6-17-9/h8-9H,3-7H2,1-2H3. The van der Waals surface area contributed by atoms with Crippen molar-refractivity contribution in [1.29, 1.82) is 0 Å². The van der Waals surface area contributed by atoms with Crippen molar-refractivity contribution in [2.24, 2.45) is 0 Å². The largest absolute Gasteiger partial charge is 0.461 e. The molecule has 1 atom stereocenters. The van der Waals surface area contributed by atoms with Gasteiger partial charge >= 0.3 is 12.0 Å². The van der Waals surface area contributed by atoms with Crippen molar-refractivity contribution in [3.63, 3.8) is 0 Å². The smallest absolute Gasteiger partial charge is 0.324 e. The Labute approximate surface area is 117 Å². The normalized spacial score (nSPS) is 19.5. The predicted octanol–water partition coefficient (Wildman–Crippen LogP) is 2.26. The summed E-state index contributed by atoms with van der Waals surface area (Å²) in [6.45, 7) is 4.97. The van der Waals surface area contributed by atoms with Crippen LogP contribution in [0.25, 0.3) is 0 Å². The van der Waals surface area contributed by atoms with E-state index in [1.54, 1.807) is 0 Å². The molecule has 2 heterocycles. The maximum atomic E-state index is 5.80. The molecule has 2 rings (SSSR count). The van der Waals surface area contributed by atoms with Gasteiger partial charge in [-0.3, -0.25) is 0 Å². The highest BCUT2D eigenvalue weighted by Gasteiger charge is 2.16. The Bertz CT molecular complexity index is 411. The number of hydrogen-bond donors (Lipinski definition) is 0. The molecular weight excluding hydrogens is 270 g/mol. The van der Waals surface area contributed by atoms with Crippen LogP contribution < -0.4 is 9.47 Å². The molecule has 6 nitrogen and oxygen atoms in total. The minimum atomic E-state index is -0.0343. The lowest BCUT2D eigenvalue weighted by atomic mass is 10.1. The van der Waals surface area contributed by atoms with Crippen LogP contribution >= 0.6 is 11.6 Å². The number of rotatable bonds is 5. The minimum absolute atomic E-state index is 0.0343. The quantitative estimate of drug-likeness (QED) is 0.827. The van der Waals surface area contributed by atoms with Gasteiger partial charge in [-0.1, -0.05) is 0 Å². The van der Waals surface area contributed by atoms with Crippen LogP contribution in [0.2, 0.25) is 5.28 Å². The van der Waals surface area contributed by atoms with Crippen molar-refractivity contribution in [2.45, 2.75) is 45.3 Å². The lowest BCUT2D eigenvalue weighted by molar-refractivity contribution is -0.0131. The van der Waals surface area contributed by atoms with E-state index in [0.29, 0.717) is 6.61 Å². The Morgan fingerprint density at radius 1 is 1.26 bits per heavy atom.